The molecule has 1 unspecified atom stereocenters. The summed E-state index contributed by atoms with van der Waals surface area (Å²) in [4.78, 5) is 11.3. The largest absolute Gasteiger partial charge is 0.478 e. The van der Waals surface area contributed by atoms with E-state index in [1.807, 2.05) is 12.1 Å². The van der Waals surface area contributed by atoms with E-state index in [1.165, 1.54) is 6.08 Å². The first-order valence-electron chi connectivity index (χ1n) is 5.20. The van der Waals surface area contributed by atoms with Gasteiger partial charge in [-0.05, 0) is 16.3 Å². The van der Waals surface area contributed by atoms with Crippen LogP contribution in [0.1, 0.15) is 22.0 Å². The molecule has 1 atom stereocenters. The molecule has 3 nitrogen and oxygen atoms in total. The van der Waals surface area contributed by atoms with Crippen LogP contribution in [0.4, 0.5) is 0 Å². The molecule has 86 valence electrons. The Morgan fingerprint density at radius 3 is 2.59 bits per heavy atom. The van der Waals surface area contributed by atoms with E-state index in [9.17, 15) is 15.0 Å². The van der Waals surface area contributed by atoms with E-state index < -0.39 is 12.1 Å². The quantitative estimate of drug-likeness (QED) is 0.794. The van der Waals surface area contributed by atoms with Crippen LogP contribution in [-0.2, 0) is 0 Å². The van der Waals surface area contributed by atoms with E-state index in [0.717, 1.165) is 5.39 Å². The summed E-state index contributed by atoms with van der Waals surface area (Å²) >= 11 is 0. The van der Waals surface area contributed by atoms with Gasteiger partial charge in [0, 0.05) is 0 Å². The predicted octanol–water partition coefficient (Wildman–Crippen LogP) is 2.76. The first-order valence-corrected chi connectivity index (χ1v) is 5.20. The van der Waals surface area contributed by atoms with E-state index in [0.29, 0.717) is 10.9 Å². The fourth-order valence-corrected chi connectivity index (χ4v) is 1.90. The van der Waals surface area contributed by atoms with Gasteiger partial charge in [-0.1, -0.05) is 42.5 Å². The van der Waals surface area contributed by atoms with Crippen LogP contribution in [0.3, 0.4) is 0 Å². The smallest absolute Gasteiger partial charge is 0.336 e. The molecule has 0 aliphatic carbocycles. The first kappa shape index (κ1) is 11.4. The molecule has 0 amide bonds. The minimum absolute atomic E-state index is 0.135. The second kappa shape index (κ2) is 4.39. The Kier molecular flexibility index (Phi) is 2.93. The Hall–Kier alpha value is -2.13. The number of aliphatic hydroxyl groups is 1. The maximum absolute atomic E-state index is 11.3. The highest BCUT2D eigenvalue weighted by molar-refractivity contribution is 6.05. The first-order chi connectivity index (χ1) is 8.15. The van der Waals surface area contributed by atoms with E-state index in [2.05, 4.69) is 6.58 Å². The lowest BCUT2D eigenvalue weighted by Crippen LogP contribution is -2.06. The molecule has 0 aliphatic rings. The third kappa shape index (κ3) is 1.92. The average Bonchev–Trinajstić information content (AvgIpc) is 2.36. The van der Waals surface area contributed by atoms with Crippen LogP contribution in [0.2, 0.25) is 0 Å². The fraction of sp³-hybridized carbons (Fsp3) is 0.0714. The lowest BCUT2D eigenvalue weighted by Gasteiger charge is -2.12. The molecule has 2 rings (SSSR count). The topological polar surface area (TPSA) is 57.5 Å². The number of benzene rings is 2. The molecule has 3 heteroatoms. The molecule has 2 N–H and O–H groups in total. The minimum atomic E-state index is -1.04. The number of aliphatic hydroxyl groups excluding tert-OH is 1. The van der Waals surface area contributed by atoms with Crippen molar-refractivity contribution in [1.82, 2.24) is 0 Å². The third-order valence-corrected chi connectivity index (χ3v) is 2.72. The molecule has 0 spiro atoms. The van der Waals surface area contributed by atoms with Crippen molar-refractivity contribution in [1.29, 1.82) is 0 Å². The summed E-state index contributed by atoms with van der Waals surface area (Å²) in [5, 5.41) is 20.5. The van der Waals surface area contributed by atoms with Crippen LogP contribution < -0.4 is 0 Å². The summed E-state index contributed by atoms with van der Waals surface area (Å²) in [5.74, 6) is -1.04. The highest BCUT2D eigenvalue weighted by Gasteiger charge is 2.17. The van der Waals surface area contributed by atoms with Crippen LogP contribution in [-0.4, -0.2) is 16.2 Å². The van der Waals surface area contributed by atoms with E-state index >= 15 is 0 Å². The number of fused-ring (bicyclic) bond motifs is 1. The van der Waals surface area contributed by atoms with Gasteiger partial charge >= 0.3 is 5.97 Å². The number of carbonyl (C=O) groups is 1. The van der Waals surface area contributed by atoms with Crippen molar-refractivity contribution in [2.75, 3.05) is 0 Å². The Bertz CT molecular complexity index is 587. The zero-order valence-corrected chi connectivity index (χ0v) is 9.13. The zero-order chi connectivity index (χ0) is 12.4. The van der Waals surface area contributed by atoms with Gasteiger partial charge in [0.2, 0.25) is 0 Å². The summed E-state index contributed by atoms with van der Waals surface area (Å²) in [7, 11) is 0. The van der Waals surface area contributed by atoms with Gasteiger partial charge in [-0.2, -0.15) is 0 Å². The van der Waals surface area contributed by atoms with E-state index in [-0.39, 0.29) is 5.56 Å². The highest BCUT2D eigenvalue weighted by atomic mass is 16.4. The second-order valence-corrected chi connectivity index (χ2v) is 3.74. The van der Waals surface area contributed by atoms with E-state index in [1.54, 1.807) is 24.3 Å². The lowest BCUT2D eigenvalue weighted by atomic mass is 9.96. The van der Waals surface area contributed by atoms with Gasteiger partial charge in [-0.3, -0.25) is 0 Å². The predicted molar refractivity (Wildman–Crippen MR) is 66.1 cm³/mol. The Morgan fingerprint density at radius 1 is 1.24 bits per heavy atom. The van der Waals surface area contributed by atoms with Gasteiger partial charge in [0.05, 0.1) is 11.7 Å². The number of rotatable bonds is 3. The van der Waals surface area contributed by atoms with Gasteiger partial charge in [0.25, 0.3) is 0 Å². The number of aromatic carboxylic acids is 1. The normalized spacial score (nSPS) is 12.3. The van der Waals surface area contributed by atoms with Gasteiger partial charge in [0.15, 0.2) is 0 Å². The van der Waals surface area contributed by atoms with Gasteiger partial charge < -0.3 is 10.2 Å². The van der Waals surface area contributed by atoms with Crippen LogP contribution in [0.15, 0.2) is 49.1 Å². The molecule has 2 aromatic rings. The molecule has 0 fully saturated rings. The van der Waals surface area contributed by atoms with Crippen LogP contribution >= 0.6 is 0 Å². The maximum Gasteiger partial charge on any atom is 0.336 e. The van der Waals surface area contributed by atoms with Crippen LogP contribution in [0.5, 0.6) is 0 Å². The molecular formula is C14H12O3. The van der Waals surface area contributed by atoms with Crippen molar-refractivity contribution in [3.8, 4) is 0 Å². The molecule has 0 saturated carbocycles. The fourth-order valence-electron chi connectivity index (χ4n) is 1.90. The van der Waals surface area contributed by atoms with E-state index in [4.69, 9.17) is 0 Å². The molecule has 2 aromatic carbocycles. The molecule has 0 aliphatic heterocycles. The summed E-state index contributed by atoms with van der Waals surface area (Å²) < 4.78 is 0. The van der Waals surface area contributed by atoms with Gasteiger partial charge in [-0.15, -0.1) is 6.58 Å². The van der Waals surface area contributed by atoms with Crippen molar-refractivity contribution < 1.29 is 15.0 Å². The van der Waals surface area contributed by atoms with Gasteiger partial charge in [-0.25, -0.2) is 4.79 Å². The maximum atomic E-state index is 11.3. The van der Waals surface area contributed by atoms with Crippen molar-refractivity contribution >= 4 is 16.7 Å². The van der Waals surface area contributed by atoms with Crippen molar-refractivity contribution in [3.05, 3.63) is 60.2 Å². The molecule has 0 bridgehead atoms. The highest BCUT2D eigenvalue weighted by Crippen LogP contribution is 2.27. The molecule has 17 heavy (non-hydrogen) atoms. The number of hydrogen-bond donors (Lipinski definition) is 2. The Labute approximate surface area is 98.6 Å². The summed E-state index contributed by atoms with van der Waals surface area (Å²) in [6.45, 7) is 3.47. The van der Waals surface area contributed by atoms with Crippen LogP contribution in [0.25, 0.3) is 10.8 Å². The average molecular weight is 228 g/mol. The third-order valence-electron chi connectivity index (χ3n) is 2.72. The second-order valence-electron chi connectivity index (χ2n) is 3.74. The SMILES string of the molecule is C=CC(O)c1ccc2ccccc2c1C(=O)O. The standard InChI is InChI=1S/C14H12O3/c1-2-12(15)11-8-7-9-5-3-4-6-10(9)13(11)14(16)17/h2-8,12,15H,1H2,(H,16,17). The van der Waals surface area contributed by atoms with Crippen LogP contribution in [0, 0.1) is 0 Å². The van der Waals surface area contributed by atoms with Crippen molar-refractivity contribution in [2.45, 2.75) is 6.10 Å². The van der Waals surface area contributed by atoms with Gasteiger partial charge in [0.1, 0.15) is 0 Å². The number of carboxylic acid groups (broad SMARTS) is 1. The molecule has 0 aromatic heterocycles. The summed E-state index contributed by atoms with van der Waals surface area (Å²) in [6.07, 6.45) is 0.349. The summed E-state index contributed by atoms with van der Waals surface area (Å²) in [5.41, 5.74) is 0.502. The minimum Gasteiger partial charge on any atom is -0.478 e. The Balaban J connectivity index is 2.81. The molecular weight excluding hydrogens is 216 g/mol. The number of hydrogen-bond acceptors (Lipinski definition) is 2. The zero-order valence-electron chi connectivity index (χ0n) is 9.13. The monoisotopic (exact) mass is 228 g/mol. The molecule has 0 heterocycles. The molecule has 0 radical (unpaired) electrons. The molecule has 0 saturated heterocycles. The lowest BCUT2D eigenvalue weighted by molar-refractivity contribution is 0.0694. The van der Waals surface area contributed by atoms with Crippen molar-refractivity contribution in [2.24, 2.45) is 0 Å². The summed E-state index contributed by atoms with van der Waals surface area (Å²) in [6, 6.07) is 10.6. The Morgan fingerprint density at radius 2 is 1.94 bits per heavy atom. The number of carboxylic acids is 1. The van der Waals surface area contributed by atoms with Crippen molar-refractivity contribution in [3.63, 3.8) is 0 Å².